The van der Waals surface area contributed by atoms with Gasteiger partial charge >= 0.3 is 0 Å². The number of halogens is 1. The number of fused-ring (bicyclic) bond motifs is 1. The van der Waals surface area contributed by atoms with Crippen molar-refractivity contribution in [1.29, 1.82) is 0 Å². The molecule has 0 bridgehead atoms. The summed E-state index contributed by atoms with van der Waals surface area (Å²) >= 11 is 3.47. The van der Waals surface area contributed by atoms with Crippen LogP contribution in [0.3, 0.4) is 0 Å². The molecule has 1 aliphatic carbocycles. The Hall–Kier alpha value is -1.61. The van der Waals surface area contributed by atoms with Gasteiger partial charge in [0, 0.05) is 10.2 Å². The molecular weight excluding hydrogens is 314 g/mol. The molecule has 3 heteroatoms. The maximum absolute atomic E-state index is 12.4. The topological polar surface area (TPSA) is 29.1 Å². The van der Waals surface area contributed by atoms with Gasteiger partial charge in [-0.25, -0.2) is 0 Å². The Morgan fingerprint density at radius 3 is 2.85 bits per heavy atom. The summed E-state index contributed by atoms with van der Waals surface area (Å²) < 4.78 is 1.04. The van der Waals surface area contributed by atoms with Gasteiger partial charge in [0.15, 0.2) is 0 Å². The van der Waals surface area contributed by atoms with Gasteiger partial charge in [0.2, 0.25) is 5.91 Å². The summed E-state index contributed by atoms with van der Waals surface area (Å²) in [5, 5.41) is 3.07. The fourth-order valence-corrected chi connectivity index (χ4v) is 3.10. The molecule has 1 atom stereocenters. The Morgan fingerprint density at radius 2 is 2.10 bits per heavy atom. The second-order valence-electron chi connectivity index (χ2n) is 5.10. The highest BCUT2D eigenvalue weighted by molar-refractivity contribution is 9.10. The lowest BCUT2D eigenvalue weighted by molar-refractivity contribution is -0.118. The molecule has 0 saturated carbocycles. The highest BCUT2D eigenvalue weighted by Crippen LogP contribution is 2.36. The Kier molecular flexibility index (Phi) is 3.62. The smallest absolute Gasteiger partial charge is 0.232 e. The first-order valence-electron chi connectivity index (χ1n) is 6.86. The molecule has 1 amide bonds. The normalized spacial score (nSPS) is 16.2. The number of carbonyl (C=O) groups is 1. The first kappa shape index (κ1) is 13.4. The molecule has 3 rings (SSSR count). The Balaban J connectivity index is 1.78. The molecule has 0 saturated heterocycles. The average molecular weight is 330 g/mol. The lowest BCUT2D eigenvalue weighted by atomic mass is 9.77. The van der Waals surface area contributed by atoms with E-state index in [0.717, 1.165) is 28.6 Å². The average Bonchev–Trinajstić information content (AvgIpc) is 2.42. The zero-order valence-electron chi connectivity index (χ0n) is 11.3. The maximum atomic E-state index is 12.4. The van der Waals surface area contributed by atoms with E-state index in [1.54, 1.807) is 0 Å². The van der Waals surface area contributed by atoms with Gasteiger partial charge in [-0.05, 0) is 47.7 Å². The van der Waals surface area contributed by atoms with Gasteiger partial charge in [-0.1, -0.05) is 47.1 Å². The van der Waals surface area contributed by atoms with Crippen LogP contribution in [-0.2, 0) is 17.6 Å². The molecule has 102 valence electrons. The van der Waals surface area contributed by atoms with Crippen LogP contribution >= 0.6 is 15.9 Å². The lowest BCUT2D eigenvalue weighted by Crippen LogP contribution is -2.30. The number of hydrogen-bond acceptors (Lipinski definition) is 1. The van der Waals surface area contributed by atoms with Crippen molar-refractivity contribution in [1.82, 2.24) is 0 Å². The second-order valence-corrected chi connectivity index (χ2v) is 6.02. The van der Waals surface area contributed by atoms with Crippen molar-refractivity contribution in [2.45, 2.75) is 25.7 Å². The third-order valence-electron chi connectivity index (χ3n) is 3.88. The highest BCUT2D eigenvalue weighted by Gasteiger charge is 2.31. The van der Waals surface area contributed by atoms with E-state index in [4.69, 9.17) is 0 Å². The number of hydrogen-bond donors (Lipinski definition) is 1. The minimum Gasteiger partial charge on any atom is -0.325 e. The molecule has 1 unspecified atom stereocenters. The number of anilines is 1. The van der Waals surface area contributed by atoms with Crippen LogP contribution in [0, 0.1) is 0 Å². The summed E-state index contributed by atoms with van der Waals surface area (Å²) in [6.45, 7) is 2.09. The molecule has 0 fully saturated rings. The standard InChI is InChI=1S/C17H16BrNO/c1-2-11-9-13(18)7-8-16(11)19-17(20)15-10-12-5-3-4-6-14(12)15/h3-9,15H,2,10H2,1H3,(H,19,20). The summed E-state index contributed by atoms with van der Waals surface area (Å²) in [5.41, 5.74) is 4.53. The van der Waals surface area contributed by atoms with Gasteiger partial charge < -0.3 is 5.32 Å². The quantitative estimate of drug-likeness (QED) is 0.894. The van der Waals surface area contributed by atoms with Gasteiger partial charge in [-0.15, -0.1) is 0 Å². The number of amides is 1. The molecule has 20 heavy (non-hydrogen) atoms. The van der Waals surface area contributed by atoms with Crippen LogP contribution in [0.4, 0.5) is 5.69 Å². The van der Waals surface area contributed by atoms with Crippen molar-refractivity contribution in [2.24, 2.45) is 0 Å². The van der Waals surface area contributed by atoms with Gasteiger partial charge in [0.1, 0.15) is 0 Å². The fourth-order valence-electron chi connectivity index (χ4n) is 2.69. The molecule has 0 aliphatic heterocycles. The molecule has 2 aromatic rings. The summed E-state index contributed by atoms with van der Waals surface area (Å²) in [6, 6.07) is 14.1. The molecule has 0 heterocycles. The van der Waals surface area contributed by atoms with Gasteiger partial charge in [0.05, 0.1) is 5.92 Å². The van der Waals surface area contributed by atoms with Crippen molar-refractivity contribution < 1.29 is 4.79 Å². The predicted octanol–water partition coefficient (Wildman–Crippen LogP) is 4.29. The monoisotopic (exact) mass is 329 g/mol. The van der Waals surface area contributed by atoms with Crippen LogP contribution in [-0.4, -0.2) is 5.91 Å². The van der Waals surface area contributed by atoms with E-state index < -0.39 is 0 Å². The third-order valence-corrected chi connectivity index (χ3v) is 4.37. The van der Waals surface area contributed by atoms with Gasteiger partial charge in [-0.3, -0.25) is 4.79 Å². The fraction of sp³-hybridized carbons (Fsp3) is 0.235. The Morgan fingerprint density at radius 1 is 1.30 bits per heavy atom. The zero-order valence-corrected chi connectivity index (χ0v) is 12.9. The minimum absolute atomic E-state index is 0.000414. The van der Waals surface area contributed by atoms with E-state index in [9.17, 15) is 4.79 Å². The first-order chi connectivity index (χ1) is 9.69. The van der Waals surface area contributed by atoms with E-state index in [2.05, 4.69) is 40.3 Å². The summed E-state index contributed by atoms with van der Waals surface area (Å²) in [5.74, 6) is 0.0975. The predicted molar refractivity (Wildman–Crippen MR) is 85.0 cm³/mol. The van der Waals surface area contributed by atoms with E-state index in [1.165, 1.54) is 11.1 Å². The highest BCUT2D eigenvalue weighted by atomic mass is 79.9. The van der Waals surface area contributed by atoms with E-state index in [0.29, 0.717) is 0 Å². The number of rotatable bonds is 3. The minimum atomic E-state index is -0.000414. The lowest BCUT2D eigenvalue weighted by Gasteiger charge is -2.29. The summed E-state index contributed by atoms with van der Waals surface area (Å²) in [7, 11) is 0. The van der Waals surface area contributed by atoms with Crippen LogP contribution in [0.2, 0.25) is 0 Å². The van der Waals surface area contributed by atoms with Crippen LogP contribution in [0.1, 0.15) is 29.5 Å². The second kappa shape index (κ2) is 5.41. The van der Waals surface area contributed by atoms with Crippen LogP contribution in [0.25, 0.3) is 0 Å². The largest absolute Gasteiger partial charge is 0.325 e. The first-order valence-corrected chi connectivity index (χ1v) is 7.65. The number of benzene rings is 2. The third kappa shape index (κ3) is 2.38. The SMILES string of the molecule is CCc1cc(Br)ccc1NC(=O)C1Cc2ccccc21. The van der Waals surface area contributed by atoms with E-state index in [-0.39, 0.29) is 11.8 Å². The van der Waals surface area contributed by atoms with Gasteiger partial charge in [-0.2, -0.15) is 0 Å². The summed E-state index contributed by atoms with van der Waals surface area (Å²) in [6.07, 6.45) is 1.75. The van der Waals surface area contributed by atoms with E-state index >= 15 is 0 Å². The van der Waals surface area contributed by atoms with Gasteiger partial charge in [0.25, 0.3) is 0 Å². The molecule has 2 aromatic carbocycles. The number of aryl methyl sites for hydroxylation is 1. The van der Waals surface area contributed by atoms with Crippen LogP contribution in [0.15, 0.2) is 46.9 Å². The summed E-state index contributed by atoms with van der Waals surface area (Å²) in [4.78, 5) is 12.4. The molecule has 2 nitrogen and oxygen atoms in total. The number of nitrogens with one attached hydrogen (secondary N) is 1. The molecular formula is C17H16BrNO. The molecule has 0 radical (unpaired) electrons. The molecule has 1 N–H and O–H groups in total. The van der Waals surface area contributed by atoms with Crippen molar-refractivity contribution in [3.63, 3.8) is 0 Å². The van der Waals surface area contributed by atoms with Crippen molar-refractivity contribution in [3.05, 3.63) is 63.6 Å². The number of carbonyl (C=O) groups excluding carboxylic acids is 1. The van der Waals surface area contributed by atoms with Crippen molar-refractivity contribution >= 4 is 27.5 Å². The Bertz CT molecular complexity index is 666. The van der Waals surface area contributed by atoms with E-state index in [1.807, 2.05) is 30.3 Å². The Labute approximate surface area is 127 Å². The van der Waals surface area contributed by atoms with Crippen molar-refractivity contribution in [2.75, 3.05) is 5.32 Å². The van der Waals surface area contributed by atoms with Crippen LogP contribution in [0.5, 0.6) is 0 Å². The molecule has 1 aliphatic rings. The zero-order chi connectivity index (χ0) is 14.1. The maximum Gasteiger partial charge on any atom is 0.232 e. The molecule has 0 aromatic heterocycles. The molecule has 0 spiro atoms. The van der Waals surface area contributed by atoms with Crippen molar-refractivity contribution in [3.8, 4) is 0 Å². The van der Waals surface area contributed by atoms with Crippen LogP contribution < -0.4 is 5.32 Å².